The van der Waals surface area contributed by atoms with E-state index in [0.29, 0.717) is 0 Å². The van der Waals surface area contributed by atoms with E-state index in [4.69, 9.17) is 0 Å². The second-order valence-electron chi connectivity index (χ2n) is 6.24. The monoisotopic (exact) mass is 256 g/mol. The van der Waals surface area contributed by atoms with Crippen LogP contribution in [0.25, 0.3) is 0 Å². The van der Waals surface area contributed by atoms with Crippen LogP contribution in [0.5, 0.6) is 0 Å². The number of rotatable bonds is 2. The molecule has 0 aromatic heterocycles. The number of benzene rings is 1. The highest BCUT2D eigenvalue weighted by molar-refractivity contribution is 5.40. The lowest BCUT2D eigenvalue weighted by molar-refractivity contribution is 0.0913. The first-order valence-electron chi connectivity index (χ1n) is 7.72. The maximum atomic E-state index is 10.9. The number of aryl methyl sites for hydroxylation is 2. The highest BCUT2D eigenvalue weighted by Crippen LogP contribution is 2.36. The molecule has 1 aromatic rings. The SMILES string of the molecule is CC(O)(C1=CCCCC1)c1ccc2c(c1)CCCC2. The van der Waals surface area contributed by atoms with Gasteiger partial charge in [-0.25, -0.2) is 0 Å². The lowest BCUT2D eigenvalue weighted by Gasteiger charge is -2.31. The van der Waals surface area contributed by atoms with E-state index < -0.39 is 5.60 Å². The van der Waals surface area contributed by atoms with Gasteiger partial charge in [0.15, 0.2) is 0 Å². The van der Waals surface area contributed by atoms with Crippen molar-refractivity contribution in [3.63, 3.8) is 0 Å². The van der Waals surface area contributed by atoms with Gasteiger partial charge in [0.05, 0.1) is 0 Å². The highest BCUT2D eigenvalue weighted by Gasteiger charge is 2.29. The van der Waals surface area contributed by atoms with Gasteiger partial charge in [-0.05, 0) is 80.6 Å². The Kier molecular flexibility index (Phi) is 3.49. The van der Waals surface area contributed by atoms with Crippen LogP contribution in [0.4, 0.5) is 0 Å². The average molecular weight is 256 g/mol. The fraction of sp³-hybridized carbons (Fsp3) is 0.556. The Labute approximate surface area is 116 Å². The van der Waals surface area contributed by atoms with Crippen LogP contribution >= 0.6 is 0 Å². The molecule has 0 fully saturated rings. The van der Waals surface area contributed by atoms with Gasteiger partial charge in [0, 0.05) is 0 Å². The van der Waals surface area contributed by atoms with Crippen molar-refractivity contribution in [3.8, 4) is 0 Å². The van der Waals surface area contributed by atoms with Crippen molar-refractivity contribution in [1.82, 2.24) is 0 Å². The van der Waals surface area contributed by atoms with Crippen LogP contribution in [0, 0.1) is 0 Å². The minimum atomic E-state index is -0.771. The van der Waals surface area contributed by atoms with Gasteiger partial charge in [-0.3, -0.25) is 0 Å². The van der Waals surface area contributed by atoms with Crippen molar-refractivity contribution in [2.45, 2.75) is 63.9 Å². The molecule has 2 aliphatic rings. The molecular formula is C18H24O. The van der Waals surface area contributed by atoms with Gasteiger partial charge in [-0.15, -0.1) is 0 Å². The summed E-state index contributed by atoms with van der Waals surface area (Å²) in [6.07, 6.45) is 11.9. The molecule has 1 atom stereocenters. The fourth-order valence-electron chi connectivity index (χ4n) is 3.50. The third kappa shape index (κ3) is 2.49. The first-order valence-corrected chi connectivity index (χ1v) is 7.72. The Bertz CT molecular complexity index is 496. The molecule has 0 bridgehead atoms. The zero-order valence-electron chi connectivity index (χ0n) is 11.9. The summed E-state index contributed by atoms with van der Waals surface area (Å²) in [4.78, 5) is 0. The summed E-state index contributed by atoms with van der Waals surface area (Å²) in [7, 11) is 0. The molecule has 102 valence electrons. The summed E-state index contributed by atoms with van der Waals surface area (Å²) in [5.74, 6) is 0. The van der Waals surface area contributed by atoms with E-state index in [9.17, 15) is 5.11 Å². The quantitative estimate of drug-likeness (QED) is 0.783. The van der Waals surface area contributed by atoms with Gasteiger partial charge in [-0.1, -0.05) is 24.3 Å². The molecule has 1 aromatic carbocycles. The van der Waals surface area contributed by atoms with Crippen LogP contribution in [0.3, 0.4) is 0 Å². The third-order valence-corrected chi connectivity index (χ3v) is 4.83. The number of aliphatic hydroxyl groups is 1. The Balaban J connectivity index is 1.94. The molecule has 0 aliphatic heterocycles. The Morgan fingerprint density at radius 3 is 2.42 bits per heavy atom. The highest BCUT2D eigenvalue weighted by atomic mass is 16.3. The molecular weight excluding hydrogens is 232 g/mol. The second kappa shape index (κ2) is 5.13. The Hall–Kier alpha value is -1.08. The lowest BCUT2D eigenvalue weighted by atomic mass is 9.80. The van der Waals surface area contributed by atoms with Crippen LogP contribution in [-0.4, -0.2) is 5.11 Å². The summed E-state index contributed by atoms with van der Waals surface area (Å²) in [5.41, 5.74) is 4.48. The zero-order chi connectivity index (χ0) is 13.3. The summed E-state index contributed by atoms with van der Waals surface area (Å²) < 4.78 is 0. The van der Waals surface area contributed by atoms with Gasteiger partial charge in [0.2, 0.25) is 0 Å². The number of hydrogen-bond donors (Lipinski definition) is 1. The molecule has 0 saturated carbocycles. The van der Waals surface area contributed by atoms with Crippen molar-refractivity contribution in [1.29, 1.82) is 0 Å². The maximum absolute atomic E-state index is 10.9. The van der Waals surface area contributed by atoms with Crippen LogP contribution in [-0.2, 0) is 18.4 Å². The van der Waals surface area contributed by atoms with Gasteiger partial charge >= 0.3 is 0 Å². The molecule has 3 rings (SSSR count). The predicted octanol–water partition coefficient (Wildman–Crippen LogP) is 4.27. The van der Waals surface area contributed by atoms with E-state index in [1.165, 1.54) is 55.2 Å². The van der Waals surface area contributed by atoms with E-state index in [2.05, 4.69) is 24.3 Å². The molecule has 1 unspecified atom stereocenters. The molecule has 0 heterocycles. The van der Waals surface area contributed by atoms with Gasteiger partial charge in [-0.2, -0.15) is 0 Å². The minimum absolute atomic E-state index is 0.771. The summed E-state index contributed by atoms with van der Waals surface area (Å²) in [6.45, 7) is 1.97. The van der Waals surface area contributed by atoms with Crippen LogP contribution in [0.2, 0.25) is 0 Å². The van der Waals surface area contributed by atoms with Gasteiger partial charge in [0.1, 0.15) is 5.60 Å². The molecule has 1 N–H and O–H groups in total. The van der Waals surface area contributed by atoms with Crippen LogP contribution < -0.4 is 0 Å². The normalized spacial score (nSPS) is 22.3. The summed E-state index contributed by atoms with van der Waals surface area (Å²) in [6, 6.07) is 6.63. The summed E-state index contributed by atoms with van der Waals surface area (Å²) in [5, 5.41) is 10.9. The standard InChI is InChI=1S/C18H24O/c1-18(19,16-9-3-2-4-10-16)17-12-11-14-7-5-6-8-15(14)13-17/h9,11-13,19H,2-8,10H2,1H3. The van der Waals surface area contributed by atoms with Crippen molar-refractivity contribution >= 4 is 0 Å². The van der Waals surface area contributed by atoms with E-state index in [0.717, 1.165) is 18.4 Å². The minimum Gasteiger partial charge on any atom is -0.381 e. The van der Waals surface area contributed by atoms with Crippen LogP contribution in [0.15, 0.2) is 29.8 Å². The van der Waals surface area contributed by atoms with E-state index >= 15 is 0 Å². The largest absolute Gasteiger partial charge is 0.381 e. The van der Waals surface area contributed by atoms with Gasteiger partial charge < -0.3 is 5.11 Å². The Morgan fingerprint density at radius 1 is 0.947 bits per heavy atom. The van der Waals surface area contributed by atoms with E-state index in [1.54, 1.807) is 0 Å². The molecule has 1 nitrogen and oxygen atoms in total. The lowest BCUT2D eigenvalue weighted by Crippen LogP contribution is -2.25. The molecule has 0 saturated heterocycles. The van der Waals surface area contributed by atoms with E-state index in [-0.39, 0.29) is 0 Å². The molecule has 1 heteroatoms. The van der Waals surface area contributed by atoms with Crippen LogP contribution in [0.1, 0.15) is 62.1 Å². The fourth-order valence-corrected chi connectivity index (χ4v) is 3.50. The maximum Gasteiger partial charge on any atom is 0.108 e. The van der Waals surface area contributed by atoms with Crippen molar-refractivity contribution in [2.75, 3.05) is 0 Å². The molecule has 2 aliphatic carbocycles. The predicted molar refractivity (Wildman–Crippen MR) is 79.2 cm³/mol. The smallest absolute Gasteiger partial charge is 0.108 e. The summed E-state index contributed by atoms with van der Waals surface area (Å²) >= 11 is 0. The third-order valence-electron chi connectivity index (χ3n) is 4.83. The van der Waals surface area contributed by atoms with Crippen molar-refractivity contribution < 1.29 is 5.11 Å². The topological polar surface area (TPSA) is 20.2 Å². The zero-order valence-corrected chi connectivity index (χ0v) is 11.9. The van der Waals surface area contributed by atoms with Gasteiger partial charge in [0.25, 0.3) is 0 Å². The second-order valence-corrected chi connectivity index (χ2v) is 6.24. The first-order chi connectivity index (χ1) is 9.18. The molecule has 0 spiro atoms. The molecule has 0 radical (unpaired) electrons. The first kappa shape index (κ1) is 12.9. The molecule has 19 heavy (non-hydrogen) atoms. The Morgan fingerprint density at radius 2 is 1.68 bits per heavy atom. The number of fused-ring (bicyclic) bond motifs is 1. The molecule has 0 amide bonds. The average Bonchev–Trinajstić information content (AvgIpc) is 2.47. The van der Waals surface area contributed by atoms with E-state index in [1.807, 2.05) is 6.92 Å². The number of hydrogen-bond acceptors (Lipinski definition) is 1. The van der Waals surface area contributed by atoms with Crippen molar-refractivity contribution in [3.05, 3.63) is 46.5 Å². The van der Waals surface area contributed by atoms with Crippen molar-refractivity contribution in [2.24, 2.45) is 0 Å². The number of allylic oxidation sites excluding steroid dienone is 1.